The van der Waals surface area contributed by atoms with Crippen LogP contribution in [-0.2, 0) is 11.2 Å². The largest absolute Gasteiger partial charge is 0.481 e. The zero-order valence-electron chi connectivity index (χ0n) is 11.6. The van der Waals surface area contributed by atoms with Gasteiger partial charge in [-0.05, 0) is 18.9 Å². The lowest BCUT2D eigenvalue weighted by Crippen LogP contribution is -2.30. The van der Waals surface area contributed by atoms with Crippen LogP contribution in [0.15, 0.2) is 16.8 Å². The molecule has 0 aliphatic carbocycles. The van der Waals surface area contributed by atoms with Crippen molar-refractivity contribution in [2.24, 2.45) is 5.92 Å². The summed E-state index contributed by atoms with van der Waals surface area (Å²) >= 11 is 0. The highest BCUT2D eigenvalue weighted by Crippen LogP contribution is 2.22. The maximum Gasteiger partial charge on any atom is 0.308 e. The Balaban J connectivity index is 1.86. The van der Waals surface area contributed by atoms with Gasteiger partial charge in [0, 0.05) is 19.3 Å². The number of pyridine rings is 1. The van der Waals surface area contributed by atoms with Gasteiger partial charge >= 0.3 is 5.97 Å². The number of carboxylic acid groups (broad SMARTS) is 1. The molecule has 0 spiro atoms. The summed E-state index contributed by atoms with van der Waals surface area (Å²) in [4.78, 5) is 29.0. The Morgan fingerprint density at radius 3 is 3.00 bits per heavy atom. The predicted octanol–water partition coefficient (Wildman–Crippen LogP) is 1.33. The number of aromatic nitrogens is 2. The molecule has 2 aromatic rings. The van der Waals surface area contributed by atoms with Gasteiger partial charge in [-0.1, -0.05) is 12.1 Å². The minimum Gasteiger partial charge on any atom is -0.481 e. The van der Waals surface area contributed by atoms with E-state index < -0.39 is 11.9 Å². The molecule has 1 atom stereocenters. The second kappa shape index (κ2) is 5.16. The molecule has 21 heavy (non-hydrogen) atoms. The second-order valence-corrected chi connectivity index (χ2v) is 5.13. The lowest BCUT2D eigenvalue weighted by atomic mass is 10.1. The zero-order valence-corrected chi connectivity index (χ0v) is 11.6. The van der Waals surface area contributed by atoms with Crippen LogP contribution >= 0.6 is 0 Å². The summed E-state index contributed by atoms with van der Waals surface area (Å²) in [5.41, 5.74) is 1.61. The quantitative estimate of drug-likeness (QED) is 0.915. The first-order valence-electron chi connectivity index (χ1n) is 6.86. The van der Waals surface area contributed by atoms with Gasteiger partial charge in [0.05, 0.1) is 22.6 Å². The summed E-state index contributed by atoms with van der Waals surface area (Å²) < 4.78 is 5.08. The van der Waals surface area contributed by atoms with E-state index in [1.54, 1.807) is 11.0 Å². The van der Waals surface area contributed by atoms with E-state index in [4.69, 9.17) is 9.63 Å². The van der Waals surface area contributed by atoms with Crippen molar-refractivity contribution in [2.45, 2.75) is 19.8 Å². The van der Waals surface area contributed by atoms with E-state index in [0.29, 0.717) is 30.7 Å². The Morgan fingerprint density at radius 1 is 1.52 bits per heavy atom. The van der Waals surface area contributed by atoms with Crippen LogP contribution in [0.4, 0.5) is 0 Å². The molecule has 1 amide bonds. The fourth-order valence-electron chi connectivity index (χ4n) is 2.58. The van der Waals surface area contributed by atoms with Crippen LogP contribution in [0.2, 0.25) is 0 Å². The average molecular weight is 289 g/mol. The predicted molar refractivity (Wildman–Crippen MR) is 72.8 cm³/mol. The number of carbonyl (C=O) groups is 2. The number of hydrogen-bond acceptors (Lipinski definition) is 5. The molecule has 7 nitrogen and oxygen atoms in total. The first-order valence-corrected chi connectivity index (χ1v) is 6.86. The van der Waals surface area contributed by atoms with Crippen molar-refractivity contribution >= 4 is 23.0 Å². The van der Waals surface area contributed by atoms with Crippen LogP contribution in [0, 0.1) is 5.92 Å². The maximum absolute atomic E-state index is 12.4. The summed E-state index contributed by atoms with van der Waals surface area (Å²) in [5, 5.41) is 13.6. The van der Waals surface area contributed by atoms with Crippen LogP contribution in [0.1, 0.15) is 29.4 Å². The van der Waals surface area contributed by atoms with E-state index >= 15 is 0 Å². The Hall–Kier alpha value is -2.44. The zero-order chi connectivity index (χ0) is 15.0. The molecular formula is C14H15N3O4. The SMILES string of the molecule is CCc1noc2ncc(C(=O)N3CC[C@H](C(=O)O)C3)cc12. The van der Waals surface area contributed by atoms with Crippen LogP contribution in [0.5, 0.6) is 0 Å². The van der Waals surface area contributed by atoms with Gasteiger partial charge in [0.25, 0.3) is 11.6 Å². The van der Waals surface area contributed by atoms with E-state index in [9.17, 15) is 9.59 Å². The molecular weight excluding hydrogens is 274 g/mol. The van der Waals surface area contributed by atoms with Gasteiger partial charge in [-0.15, -0.1) is 0 Å². The van der Waals surface area contributed by atoms with Gasteiger partial charge in [-0.25, -0.2) is 4.98 Å². The highest BCUT2D eigenvalue weighted by molar-refractivity contribution is 5.97. The fourth-order valence-corrected chi connectivity index (χ4v) is 2.58. The van der Waals surface area contributed by atoms with Crippen LogP contribution in [0.25, 0.3) is 11.1 Å². The third-order valence-corrected chi connectivity index (χ3v) is 3.81. The molecule has 3 heterocycles. The Bertz CT molecular complexity index is 709. The number of amides is 1. The number of carbonyl (C=O) groups excluding carboxylic acids is 1. The smallest absolute Gasteiger partial charge is 0.308 e. The normalized spacial score (nSPS) is 18.3. The maximum atomic E-state index is 12.4. The first kappa shape index (κ1) is 13.5. The van der Waals surface area contributed by atoms with Crippen LogP contribution in [-0.4, -0.2) is 45.1 Å². The Labute approximate surface area is 120 Å². The molecule has 7 heteroatoms. The molecule has 0 aromatic carbocycles. The monoisotopic (exact) mass is 289 g/mol. The number of nitrogens with zero attached hydrogens (tertiary/aromatic N) is 3. The number of rotatable bonds is 3. The van der Waals surface area contributed by atoms with Gasteiger partial charge < -0.3 is 14.5 Å². The van der Waals surface area contributed by atoms with Crippen molar-refractivity contribution in [3.8, 4) is 0 Å². The molecule has 1 fully saturated rings. The van der Waals surface area contributed by atoms with Crippen molar-refractivity contribution < 1.29 is 19.2 Å². The Morgan fingerprint density at radius 2 is 2.33 bits per heavy atom. The van der Waals surface area contributed by atoms with E-state index in [2.05, 4.69) is 10.1 Å². The molecule has 1 aliphatic rings. The highest BCUT2D eigenvalue weighted by atomic mass is 16.5. The van der Waals surface area contributed by atoms with Gasteiger partial charge in [-0.2, -0.15) is 0 Å². The second-order valence-electron chi connectivity index (χ2n) is 5.13. The number of hydrogen-bond donors (Lipinski definition) is 1. The number of aryl methyl sites for hydroxylation is 1. The fraction of sp³-hybridized carbons (Fsp3) is 0.429. The van der Waals surface area contributed by atoms with Crippen LogP contribution < -0.4 is 0 Å². The van der Waals surface area contributed by atoms with E-state index in [1.807, 2.05) is 6.92 Å². The molecule has 0 saturated carbocycles. The molecule has 3 rings (SSSR count). The molecule has 1 saturated heterocycles. The molecule has 0 radical (unpaired) electrons. The molecule has 1 aliphatic heterocycles. The third kappa shape index (κ3) is 2.35. The first-order chi connectivity index (χ1) is 10.1. The third-order valence-electron chi connectivity index (χ3n) is 3.81. The molecule has 2 aromatic heterocycles. The van der Waals surface area contributed by atoms with Gasteiger partial charge in [0.1, 0.15) is 0 Å². The highest BCUT2D eigenvalue weighted by Gasteiger charge is 2.31. The van der Waals surface area contributed by atoms with Crippen molar-refractivity contribution in [1.82, 2.24) is 15.0 Å². The van der Waals surface area contributed by atoms with E-state index in [-0.39, 0.29) is 12.5 Å². The van der Waals surface area contributed by atoms with Crippen LogP contribution in [0.3, 0.4) is 0 Å². The summed E-state index contributed by atoms with van der Waals surface area (Å²) in [6, 6.07) is 1.72. The summed E-state index contributed by atoms with van der Waals surface area (Å²) in [7, 11) is 0. The van der Waals surface area contributed by atoms with Gasteiger partial charge in [0.15, 0.2) is 0 Å². The number of aliphatic carboxylic acids is 1. The standard InChI is InChI=1S/C14H15N3O4/c1-2-11-10-5-9(6-15-12(10)21-16-11)13(18)17-4-3-8(7-17)14(19)20/h5-6,8H,2-4,7H2,1H3,(H,19,20)/t8-/m0/s1. The molecule has 1 N–H and O–H groups in total. The molecule has 110 valence electrons. The number of carboxylic acids is 1. The van der Waals surface area contributed by atoms with Gasteiger partial charge in [0.2, 0.25) is 0 Å². The lowest BCUT2D eigenvalue weighted by molar-refractivity contribution is -0.141. The van der Waals surface area contributed by atoms with Gasteiger partial charge in [-0.3, -0.25) is 9.59 Å². The summed E-state index contributed by atoms with van der Waals surface area (Å²) in [6.07, 6.45) is 2.63. The minimum absolute atomic E-state index is 0.198. The van der Waals surface area contributed by atoms with Crippen molar-refractivity contribution in [1.29, 1.82) is 0 Å². The Kier molecular flexibility index (Phi) is 3.32. The minimum atomic E-state index is -0.855. The summed E-state index contributed by atoms with van der Waals surface area (Å²) in [6.45, 7) is 2.65. The molecule has 0 unspecified atom stereocenters. The topological polar surface area (TPSA) is 96.5 Å². The number of fused-ring (bicyclic) bond motifs is 1. The lowest BCUT2D eigenvalue weighted by Gasteiger charge is -2.15. The van der Waals surface area contributed by atoms with Crippen molar-refractivity contribution in [2.75, 3.05) is 13.1 Å². The van der Waals surface area contributed by atoms with Crippen molar-refractivity contribution in [3.05, 3.63) is 23.5 Å². The summed E-state index contributed by atoms with van der Waals surface area (Å²) in [5.74, 6) is -1.53. The molecule has 0 bridgehead atoms. The average Bonchev–Trinajstić information content (AvgIpc) is 3.12. The van der Waals surface area contributed by atoms with Crippen molar-refractivity contribution in [3.63, 3.8) is 0 Å². The van der Waals surface area contributed by atoms with E-state index in [1.165, 1.54) is 6.20 Å². The number of likely N-dealkylation sites (tertiary alicyclic amines) is 1. The van der Waals surface area contributed by atoms with E-state index in [0.717, 1.165) is 11.1 Å².